The lowest BCUT2D eigenvalue weighted by molar-refractivity contribution is -0.137. The first kappa shape index (κ1) is 10.0. The Hall–Kier alpha value is -0.530. The minimum Gasteiger partial charge on any atom is -0.342 e. The molecule has 2 heteroatoms. The van der Waals surface area contributed by atoms with Crippen molar-refractivity contribution in [3.05, 3.63) is 0 Å². The number of hydrogen-bond acceptors (Lipinski definition) is 1. The van der Waals surface area contributed by atoms with Crippen molar-refractivity contribution < 1.29 is 4.79 Å². The molecule has 2 nitrogen and oxygen atoms in total. The Morgan fingerprint density at radius 1 is 1.14 bits per heavy atom. The van der Waals surface area contributed by atoms with E-state index in [0.29, 0.717) is 11.3 Å². The van der Waals surface area contributed by atoms with Crippen molar-refractivity contribution in [3.63, 3.8) is 0 Å². The van der Waals surface area contributed by atoms with Gasteiger partial charge in [-0.15, -0.1) is 0 Å². The van der Waals surface area contributed by atoms with Crippen molar-refractivity contribution in [1.82, 2.24) is 4.90 Å². The Labute approximate surface area is 86.7 Å². The topological polar surface area (TPSA) is 20.3 Å². The maximum Gasteiger partial charge on any atom is 0.225 e. The second kappa shape index (κ2) is 3.56. The molecule has 1 spiro atoms. The average Bonchev–Trinajstić information content (AvgIpc) is 2.14. The molecular formula is C12H21NO. The first-order chi connectivity index (χ1) is 6.63. The molecule has 1 amide bonds. The van der Waals surface area contributed by atoms with Gasteiger partial charge in [0.25, 0.3) is 0 Å². The molecule has 1 aliphatic carbocycles. The summed E-state index contributed by atoms with van der Waals surface area (Å²) >= 11 is 0. The van der Waals surface area contributed by atoms with E-state index in [4.69, 9.17) is 0 Å². The standard InChI is InChI=1S/C12H21NO/c1-10(2)11(14)13-8-6-12(7-9-13)4-3-5-12/h10H,3-9H2,1-2H3. The zero-order valence-corrected chi connectivity index (χ0v) is 9.38. The summed E-state index contributed by atoms with van der Waals surface area (Å²) < 4.78 is 0. The minimum absolute atomic E-state index is 0.172. The molecule has 14 heavy (non-hydrogen) atoms. The Balaban J connectivity index is 1.86. The number of hydrogen-bond donors (Lipinski definition) is 0. The molecule has 2 fully saturated rings. The summed E-state index contributed by atoms with van der Waals surface area (Å²) in [6.45, 7) is 6.01. The number of amides is 1. The first-order valence-corrected chi connectivity index (χ1v) is 5.92. The van der Waals surface area contributed by atoms with E-state index in [2.05, 4.69) is 4.90 Å². The van der Waals surface area contributed by atoms with Crippen LogP contribution in [0.3, 0.4) is 0 Å². The SMILES string of the molecule is CC(C)C(=O)N1CCC2(CCC2)CC1. The van der Waals surface area contributed by atoms with Gasteiger partial charge in [0.2, 0.25) is 5.91 Å². The van der Waals surface area contributed by atoms with E-state index >= 15 is 0 Å². The molecule has 0 atom stereocenters. The van der Waals surface area contributed by atoms with Crippen LogP contribution >= 0.6 is 0 Å². The first-order valence-electron chi connectivity index (χ1n) is 5.92. The van der Waals surface area contributed by atoms with E-state index in [0.717, 1.165) is 13.1 Å². The summed E-state index contributed by atoms with van der Waals surface area (Å²) in [4.78, 5) is 13.8. The number of rotatable bonds is 1. The minimum atomic E-state index is 0.172. The number of likely N-dealkylation sites (tertiary alicyclic amines) is 1. The zero-order chi connectivity index (χ0) is 10.2. The molecule has 1 heterocycles. The lowest BCUT2D eigenvalue weighted by Crippen LogP contribution is -2.47. The van der Waals surface area contributed by atoms with Crippen molar-refractivity contribution in [1.29, 1.82) is 0 Å². The van der Waals surface area contributed by atoms with Gasteiger partial charge in [-0.3, -0.25) is 4.79 Å². The summed E-state index contributed by atoms with van der Waals surface area (Å²) in [5.74, 6) is 0.518. The van der Waals surface area contributed by atoms with Gasteiger partial charge in [-0.2, -0.15) is 0 Å². The van der Waals surface area contributed by atoms with E-state index in [-0.39, 0.29) is 5.92 Å². The quantitative estimate of drug-likeness (QED) is 0.629. The highest BCUT2D eigenvalue weighted by atomic mass is 16.2. The molecule has 0 aromatic carbocycles. The van der Waals surface area contributed by atoms with Crippen LogP contribution in [-0.4, -0.2) is 23.9 Å². The highest BCUT2D eigenvalue weighted by Crippen LogP contribution is 2.48. The van der Waals surface area contributed by atoms with Crippen LogP contribution in [0, 0.1) is 11.3 Å². The van der Waals surface area contributed by atoms with Crippen molar-refractivity contribution in [3.8, 4) is 0 Å². The predicted octanol–water partition coefficient (Wildman–Crippen LogP) is 2.44. The van der Waals surface area contributed by atoms with Crippen LogP contribution in [0.5, 0.6) is 0 Å². The van der Waals surface area contributed by atoms with Crippen LogP contribution in [0.2, 0.25) is 0 Å². The van der Waals surface area contributed by atoms with Gasteiger partial charge in [-0.1, -0.05) is 20.3 Å². The third-order valence-electron chi connectivity index (χ3n) is 4.04. The summed E-state index contributed by atoms with van der Waals surface area (Å²) in [6.07, 6.45) is 6.75. The van der Waals surface area contributed by atoms with Gasteiger partial charge < -0.3 is 4.90 Å². The number of carbonyl (C=O) groups excluding carboxylic acids is 1. The fourth-order valence-electron chi connectivity index (χ4n) is 2.74. The lowest BCUT2D eigenvalue weighted by atomic mass is 9.63. The van der Waals surface area contributed by atoms with Crippen LogP contribution in [-0.2, 0) is 4.79 Å². The largest absolute Gasteiger partial charge is 0.342 e. The van der Waals surface area contributed by atoms with Crippen LogP contribution in [0.4, 0.5) is 0 Å². The number of piperidine rings is 1. The average molecular weight is 195 g/mol. The highest BCUT2D eigenvalue weighted by molar-refractivity contribution is 5.78. The molecule has 0 N–H and O–H groups in total. The van der Waals surface area contributed by atoms with Crippen molar-refractivity contribution in [2.45, 2.75) is 46.0 Å². The molecule has 0 bridgehead atoms. The maximum atomic E-state index is 11.7. The Morgan fingerprint density at radius 3 is 2.07 bits per heavy atom. The Morgan fingerprint density at radius 2 is 1.71 bits per heavy atom. The fraction of sp³-hybridized carbons (Fsp3) is 0.917. The van der Waals surface area contributed by atoms with Crippen LogP contribution in [0.25, 0.3) is 0 Å². The number of nitrogens with zero attached hydrogens (tertiary/aromatic N) is 1. The van der Waals surface area contributed by atoms with Gasteiger partial charge in [-0.05, 0) is 31.1 Å². The van der Waals surface area contributed by atoms with E-state index in [1.54, 1.807) is 0 Å². The molecule has 2 rings (SSSR count). The molecule has 0 radical (unpaired) electrons. The second-order valence-corrected chi connectivity index (χ2v) is 5.33. The summed E-state index contributed by atoms with van der Waals surface area (Å²) in [6, 6.07) is 0. The number of carbonyl (C=O) groups is 1. The Bertz CT molecular complexity index is 220. The van der Waals surface area contributed by atoms with E-state index in [9.17, 15) is 4.79 Å². The molecule has 0 aromatic heterocycles. The van der Waals surface area contributed by atoms with Crippen LogP contribution in [0.15, 0.2) is 0 Å². The van der Waals surface area contributed by atoms with Gasteiger partial charge >= 0.3 is 0 Å². The van der Waals surface area contributed by atoms with Crippen LogP contribution in [0.1, 0.15) is 46.0 Å². The van der Waals surface area contributed by atoms with E-state index in [1.807, 2.05) is 13.8 Å². The second-order valence-electron chi connectivity index (χ2n) is 5.33. The van der Waals surface area contributed by atoms with Crippen molar-refractivity contribution in [2.75, 3.05) is 13.1 Å². The van der Waals surface area contributed by atoms with Gasteiger partial charge in [0, 0.05) is 19.0 Å². The molecule has 0 aromatic rings. The third-order valence-corrected chi connectivity index (χ3v) is 4.04. The van der Waals surface area contributed by atoms with Crippen LogP contribution < -0.4 is 0 Å². The summed E-state index contributed by atoms with van der Waals surface area (Å²) in [5, 5.41) is 0. The predicted molar refractivity (Wildman–Crippen MR) is 56.9 cm³/mol. The van der Waals surface area contributed by atoms with E-state index < -0.39 is 0 Å². The molecule has 0 unspecified atom stereocenters. The normalized spacial score (nSPS) is 25.2. The summed E-state index contributed by atoms with van der Waals surface area (Å²) in [5.41, 5.74) is 0.660. The molecule has 80 valence electrons. The molecule has 1 saturated heterocycles. The lowest BCUT2D eigenvalue weighted by Gasteiger charge is -2.48. The van der Waals surface area contributed by atoms with Crippen molar-refractivity contribution in [2.24, 2.45) is 11.3 Å². The van der Waals surface area contributed by atoms with Crippen molar-refractivity contribution >= 4 is 5.91 Å². The summed E-state index contributed by atoms with van der Waals surface area (Å²) in [7, 11) is 0. The molecule has 1 saturated carbocycles. The van der Waals surface area contributed by atoms with E-state index in [1.165, 1.54) is 32.1 Å². The van der Waals surface area contributed by atoms with Gasteiger partial charge in [0.15, 0.2) is 0 Å². The fourth-order valence-corrected chi connectivity index (χ4v) is 2.74. The third kappa shape index (κ3) is 1.67. The zero-order valence-electron chi connectivity index (χ0n) is 9.38. The monoisotopic (exact) mass is 195 g/mol. The molecule has 2 aliphatic rings. The van der Waals surface area contributed by atoms with Gasteiger partial charge in [0.1, 0.15) is 0 Å². The van der Waals surface area contributed by atoms with Gasteiger partial charge in [0.05, 0.1) is 0 Å². The molecule has 1 aliphatic heterocycles. The smallest absolute Gasteiger partial charge is 0.225 e. The maximum absolute atomic E-state index is 11.7. The Kier molecular flexibility index (Phi) is 2.54. The molecular weight excluding hydrogens is 174 g/mol. The highest BCUT2D eigenvalue weighted by Gasteiger charge is 2.40. The van der Waals surface area contributed by atoms with Gasteiger partial charge in [-0.25, -0.2) is 0 Å².